The summed E-state index contributed by atoms with van der Waals surface area (Å²) in [6.07, 6.45) is -1.12. The highest BCUT2D eigenvalue weighted by Crippen LogP contribution is 2.33. The number of hydrogen-bond donors (Lipinski definition) is 2. The summed E-state index contributed by atoms with van der Waals surface area (Å²) < 4.78 is 10.1. The number of benzene rings is 1. The molecule has 0 radical (unpaired) electrons. The number of aliphatic carboxylic acids is 1. The molecular weight excluding hydrogens is 224 g/mol. The van der Waals surface area contributed by atoms with Crippen molar-refractivity contribution >= 4 is 5.97 Å². The van der Waals surface area contributed by atoms with Crippen LogP contribution >= 0.6 is 0 Å². The Morgan fingerprint density at radius 2 is 1.94 bits per heavy atom. The molecule has 1 aromatic rings. The molecule has 0 aromatic heterocycles. The number of methoxy groups -OCH3 is 2. The highest BCUT2D eigenvalue weighted by molar-refractivity contribution is 5.70. The summed E-state index contributed by atoms with van der Waals surface area (Å²) >= 11 is 0. The molecule has 0 heterocycles. The summed E-state index contributed by atoms with van der Waals surface area (Å²) in [5.41, 5.74) is 0.434. The molecule has 0 aliphatic heterocycles. The summed E-state index contributed by atoms with van der Waals surface area (Å²) in [6.45, 7) is 1.44. The Labute approximate surface area is 99.6 Å². The van der Waals surface area contributed by atoms with Crippen LogP contribution in [-0.4, -0.2) is 30.4 Å². The van der Waals surface area contributed by atoms with E-state index in [9.17, 15) is 9.90 Å². The first-order valence-electron chi connectivity index (χ1n) is 5.14. The fourth-order valence-electron chi connectivity index (χ4n) is 1.47. The number of ether oxygens (including phenoxy) is 2. The zero-order chi connectivity index (χ0) is 13.0. The largest absolute Gasteiger partial charge is 0.497 e. The molecule has 94 valence electrons. The van der Waals surface area contributed by atoms with Gasteiger partial charge in [0.1, 0.15) is 11.5 Å². The van der Waals surface area contributed by atoms with Gasteiger partial charge >= 0.3 is 5.97 Å². The minimum atomic E-state index is -1.12. The van der Waals surface area contributed by atoms with E-state index in [2.05, 4.69) is 0 Å². The molecule has 5 heteroatoms. The predicted molar refractivity (Wildman–Crippen MR) is 61.3 cm³/mol. The zero-order valence-electron chi connectivity index (χ0n) is 10.0. The lowest BCUT2D eigenvalue weighted by molar-refractivity contribution is -0.145. The van der Waals surface area contributed by atoms with E-state index in [0.29, 0.717) is 17.1 Å². The number of aliphatic hydroxyl groups excluding tert-OH is 1. The SMILES string of the molecule is COc1ccc(C(O)C(C)C(=O)O)c(OC)c1. The second-order valence-corrected chi connectivity index (χ2v) is 3.68. The van der Waals surface area contributed by atoms with Crippen molar-refractivity contribution in [2.24, 2.45) is 5.92 Å². The van der Waals surface area contributed by atoms with Crippen molar-refractivity contribution in [1.29, 1.82) is 0 Å². The third-order valence-corrected chi connectivity index (χ3v) is 2.62. The molecule has 0 amide bonds. The average Bonchev–Trinajstić information content (AvgIpc) is 2.35. The van der Waals surface area contributed by atoms with Gasteiger partial charge in [0.05, 0.1) is 26.2 Å². The Morgan fingerprint density at radius 1 is 1.29 bits per heavy atom. The molecule has 0 aliphatic rings. The molecule has 0 fully saturated rings. The minimum absolute atomic E-state index is 0.407. The van der Waals surface area contributed by atoms with Gasteiger partial charge in [0.25, 0.3) is 0 Å². The Kier molecular flexibility index (Phi) is 4.34. The Morgan fingerprint density at radius 3 is 2.41 bits per heavy atom. The number of rotatable bonds is 5. The van der Waals surface area contributed by atoms with Crippen molar-refractivity contribution in [3.05, 3.63) is 23.8 Å². The summed E-state index contributed by atoms with van der Waals surface area (Å²) in [5, 5.41) is 18.8. The number of carboxylic acids is 1. The lowest BCUT2D eigenvalue weighted by Gasteiger charge is -2.18. The predicted octanol–water partition coefficient (Wildman–Crippen LogP) is 1.46. The minimum Gasteiger partial charge on any atom is -0.497 e. The first kappa shape index (κ1) is 13.3. The van der Waals surface area contributed by atoms with Crippen LogP contribution in [0.15, 0.2) is 18.2 Å². The van der Waals surface area contributed by atoms with Gasteiger partial charge in [0.2, 0.25) is 0 Å². The molecule has 2 N–H and O–H groups in total. The third-order valence-electron chi connectivity index (χ3n) is 2.62. The maximum atomic E-state index is 10.8. The van der Waals surface area contributed by atoms with Crippen molar-refractivity contribution < 1.29 is 24.5 Å². The van der Waals surface area contributed by atoms with Crippen LogP contribution in [-0.2, 0) is 4.79 Å². The van der Waals surface area contributed by atoms with Crippen molar-refractivity contribution in [3.63, 3.8) is 0 Å². The van der Waals surface area contributed by atoms with Crippen LogP contribution in [0.25, 0.3) is 0 Å². The van der Waals surface area contributed by atoms with E-state index in [4.69, 9.17) is 14.6 Å². The summed E-state index contributed by atoms with van der Waals surface area (Å²) in [4.78, 5) is 10.8. The van der Waals surface area contributed by atoms with Crippen molar-refractivity contribution in [3.8, 4) is 11.5 Å². The molecule has 5 nitrogen and oxygen atoms in total. The first-order valence-corrected chi connectivity index (χ1v) is 5.14. The summed E-state index contributed by atoms with van der Waals surface area (Å²) in [6, 6.07) is 4.85. The Balaban J connectivity index is 3.08. The number of carbonyl (C=O) groups is 1. The molecule has 2 atom stereocenters. The molecule has 1 aromatic carbocycles. The van der Waals surface area contributed by atoms with Crippen molar-refractivity contribution in [2.45, 2.75) is 13.0 Å². The van der Waals surface area contributed by atoms with Crippen LogP contribution in [0.1, 0.15) is 18.6 Å². The fourth-order valence-corrected chi connectivity index (χ4v) is 1.47. The lowest BCUT2D eigenvalue weighted by Crippen LogP contribution is -2.19. The van der Waals surface area contributed by atoms with Gasteiger partial charge in [0, 0.05) is 11.6 Å². The Hall–Kier alpha value is -1.75. The van der Waals surface area contributed by atoms with E-state index in [0.717, 1.165) is 0 Å². The smallest absolute Gasteiger partial charge is 0.309 e. The molecule has 0 saturated heterocycles. The number of hydrogen-bond acceptors (Lipinski definition) is 4. The quantitative estimate of drug-likeness (QED) is 0.814. The van der Waals surface area contributed by atoms with Gasteiger partial charge in [0.15, 0.2) is 0 Å². The average molecular weight is 240 g/mol. The molecule has 17 heavy (non-hydrogen) atoms. The van der Waals surface area contributed by atoms with Gasteiger partial charge in [-0.3, -0.25) is 4.79 Å². The lowest BCUT2D eigenvalue weighted by atomic mass is 9.96. The van der Waals surface area contributed by atoms with E-state index in [-0.39, 0.29) is 0 Å². The van der Waals surface area contributed by atoms with Gasteiger partial charge < -0.3 is 19.7 Å². The molecule has 0 spiro atoms. The van der Waals surface area contributed by atoms with Crippen LogP contribution in [0.3, 0.4) is 0 Å². The van der Waals surface area contributed by atoms with E-state index < -0.39 is 18.0 Å². The van der Waals surface area contributed by atoms with E-state index in [1.165, 1.54) is 21.1 Å². The van der Waals surface area contributed by atoms with Crippen LogP contribution < -0.4 is 9.47 Å². The standard InChI is InChI=1S/C12H16O5/c1-7(12(14)15)11(13)9-5-4-8(16-2)6-10(9)17-3/h4-7,11,13H,1-3H3,(H,14,15). The van der Waals surface area contributed by atoms with Crippen molar-refractivity contribution in [1.82, 2.24) is 0 Å². The first-order chi connectivity index (χ1) is 8.01. The maximum absolute atomic E-state index is 10.8. The van der Waals surface area contributed by atoms with Gasteiger partial charge in [-0.2, -0.15) is 0 Å². The molecular formula is C12H16O5. The topological polar surface area (TPSA) is 76.0 Å². The van der Waals surface area contributed by atoms with Gasteiger partial charge in [-0.15, -0.1) is 0 Å². The number of aliphatic hydroxyl groups is 1. The van der Waals surface area contributed by atoms with Crippen LogP contribution in [0, 0.1) is 5.92 Å². The van der Waals surface area contributed by atoms with E-state index in [1.54, 1.807) is 18.2 Å². The zero-order valence-corrected chi connectivity index (χ0v) is 10.0. The Bertz CT molecular complexity index is 402. The molecule has 2 unspecified atom stereocenters. The highest BCUT2D eigenvalue weighted by atomic mass is 16.5. The highest BCUT2D eigenvalue weighted by Gasteiger charge is 2.25. The van der Waals surface area contributed by atoms with E-state index in [1.807, 2.05) is 0 Å². The van der Waals surface area contributed by atoms with Gasteiger partial charge in [-0.1, -0.05) is 0 Å². The number of carboxylic acid groups (broad SMARTS) is 1. The second kappa shape index (κ2) is 5.54. The van der Waals surface area contributed by atoms with Crippen LogP contribution in [0.5, 0.6) is 11.5 Å². The van der Waals surface area contributed by atoms with Gasteiger partial charge in [-0.05, 0) is 19.1 Å². The molecule has 1 rings (SSSR count). The molecule has 0 saturated carbocycles. The van der Waals surface area contributed by atoms with Crippen molar-refractivity contribution in [2.75, 3.05) is 14.2 Å². The van der Waals surface area contributed by atoms with Gasteiger partial charge in [-0.25, -0.2) is 0 Å². The van der Waals surface area contributed by atoms with E-state index >= 15 is 0 Å². The monoisotopic (exact) mass is 240 g/mol. The summed E-state index contributed by atoms with van der Waals surface area (Å²) in [7, 11) is 2.97. The second-order valence-electron chi connectivity index (χ2n) is 3.68. The molecule has 0 aliphatic carbocycles. The van der Waals surface area contributed by atoms with Crippen LogP contribution in [0.2, 0.25) is 0 Å². The fraction of sp³-hybridized carbons (Fsp3) is 0.417. The van der Waals surface area contributed by atoms with Crippen LogP contribution in [0.4, 0.5) is 0 Å². The third kappa shape index (κ3) is 2.88. The maximum Gasteiger partial charge on any atom is 0.309 e. The normalized spacial score (nSPS) is 13.9. The summed E-state index contributed by atoms with van der Waals surface area (Å²) in [5.74, 6) is -0.974. The molecule has 0 bridgehead atoms.